The molecule has 34 heavy (non-hydrogen) atoms. The lowest BCUT2D eigenvalue weighted by molar-refractivity contribution is -0.134. The van der Waals surface area contributed by atoms with E-state index in [0.717, 1.165) is 67.2 Å². The van der Waals surface area contributed by atoms with Crippen LogP contribution in [-0.4, -0.2) is 51.3 Å². The van der Waals surface area contributed by atoms with Gasteiger partial charge in [0, 0.05) is 54.8 Å². The Kier molecular flexibility index (Phi) is 5.52. The molecule has 1 N–H and O–H groups in total. The van der Waals surface area contributed by atoms with Gasteiger partial charge >= 0.3 is 0 Å². The number of halogens is 1. The van der Waals surface area contributed by atoms with Crippen molar-refractivity contribution in [2.45, 2.75) is 38.5 Å². The highest BCUT2D eigenvalue weighted by atomic mass is 35.5. The summed E-state index contributed by atoms with van der Waals surface area (Å²) in [5.74, 6) is 1.52. The number of pyridine rings is 2. The Morgan fingerprint density at radius 2 is 1.97 bits per heavy atom. The number of carbonyl (C=O) groups is 2. The molecule has 2 saturated carbocycles. The number of aromatic nitrogens is 3. The molecule has 1 aliphatic heterocycles. The Balaban J connectivity index is 1.30. The summed E-state index contributed by atoms with van der Waals surface area (Å²) in [5, 5.41) is 1.35. The van der Waals surface area contributed by atoms with E-state index in [1.807, 2.05) is 40.3 Å². The molecule has 2 amide bonds. The lowest BCUT2D eigenvalue weighted by atomic mass is 9.96. The average molecular weight is 478 g/mol. The fourth-order valence-corrected chi connectivity index (χ4v) is 5.28. The van der Waals surface area contributed by atoms with Gasteiger partial charge in [-0.15, -0.1) is 0 Å². The van der Waals surface area contributed by atoms with Gasteiger partial charge in [0.05, 0.1) is 0 Å². The van der Waals surface area contributed by atoms with Gasteiger partial charge in [-0.25, -0.2) is 9.97 Å². The number of rotatable bonds is 6. The Morgan fingerprint density at radius 1 is 1.15 bits per heavy atom. The highest BCUT2D eigenvalue weighted by Crippen LogP contribution is 2.37. The molecule has 6 rings (SSSR count). The summed E-state index contributed by atoms with van der Waals surface area (Å²) in [6, 6.07) is 7.71. The third kappa shape index (κ3) is 4.29. The second-order valence-electron chi connectivity index (χ2n) is 9.93. The quantitative estimate of drug-likeness (QED) is 0.523. The van der Waals surface area contributed by atoms with Crippen LogP contribution in [0.15, 0.2) is 36.7 Å². The van der Waals surface area contributed by atoms with Gasteiger partial charge in [0.2, 0.25) is 11.8 Å². The van der Waals surface area contributed by atoms with Crippen molar-refractivity contribution in [1.82, 2.24) is 19.9 Å². The maximum atomic E-state index is 13.4. The zero-order valence-electron chi connectivity index (χ0n) is 19.0. The fraction of sp³-hybridized carbons (Fsp3) is 0.462. The van der Waals surface area contributed by atoms with E-state index in [9.17, 15) is 9.59 Å². The van der Waals surface area contributed by atoms with Crippen molar-refractivity contribution in [3.05, 3.63) is 41.8 Å². The molecule has 3 aromatic rings. The molecule has 2 aliphatic carbocycles. The van der Waals surface area contributed by atoms with Gasteiger partial charge in [0.1, 0.15) is 16.6 Å². The summed E-state index contributed by atoms with van der Waals surface area (Å²) in [6.45, 7) is 2.11. The van der Waals surface area contributed by atoms with Crippen molar-refractivity contribution in [2.24, 2.45) is 17.8 Å². The van der Waals surface area contributed by atoms with Gasteiger partial charge in [0.15, 0.2) is 0 Å². The first-order valence-electron chi connectivity index (χ1n) is 12.3. The highest BCUT2D eigenvalue weighted by Gasteiger charge is 2.38. The lowest BCUT2D eigenvalue weighted by Crippen LogP contribution is -2.46. The number of hydrogen-bond acceptors (Lipinski definition) is 4. The largest absolute Gasteiger partial charge is 0.346 e. The SMILES string of the molecule is O=C(C1CC1)N1CCCC(CN(C(=O)C2CC2)c2cc(-c3c[nH]c4ncccc34)cc(Cl)n2)C1. The number of fused-ring (bicyclic) bond motifs is 1. The molecule has 3 aromatic heterocycles. The van der Waals surface area contributed by atoms with Crippen LogP contribution in [0.5, 0.6) is 0 Å². The molecule has 0 bridgehead atoms. The minimum atomic E-state index is 0.0642. The van der Waals surface area contributed by atoms with Crippen LogP contribution >= 0.6 is 11.6 Å². The first kappa shape index (κ1) is 21.6. The van der Waals surface area contributed by atoms with Crippen LogP contribution in [0.3, 0.4) is 0 Å². The number of H-pyrrole nitrogens is 1. The summed E-state index contributed by atoms with van der Waals surface area (Å²) in [6.07, 6.45) is 9.54. The van der Waals surface area contributed by atoms with Crippen LogP contribution in [0.1, 0.15) is 38.5 Å². The number of amides is 2. The van der Waals surface area contributed by atoms with Gasteiger partial charge in [-0.05, 0) is 74.3 Å². The molecular formula is C26H28ClN5O2. The zero-order chi connectivity index (χ0) is 23.2. The molecule has 1 atom stereocenters. The number of carbonyl (C=O) groups excluding carboxylic acids is 2. The monoisotopic (exact) mass is 477 g/mol. The summed E-state index contributed by atoms with van der Waals surface area (Å²) in [5.41, 5.74) is 2.68. The molecule has 0 aromatic carbocycles. The van der Waals surface area contributed by atoms with Crippen molar-refractivity contribution in [3.63, 3.8) is 0 Å². The van der Waals surface area contributed by atoms with Gasteiger partial charge in [-0.1, -0.05) is 11.6 Å². The Bertz CT molecular complexity index is 1250. The number of nitrogens with zero attached hydrogens (tertiary/aromatic N) is 4. The van der Waals surface area contributed by atoms with Crippen LogP contribution in [0, 0.1) is 17.8 Å². The van der Waals surface area contributed by atoms with Crippen LogP contribution in [-0.2, 0) is 9.59 Å². The van der Waals surface area contributed by atoms with Crippen molar-refractivity contribution in [1.29, 1.82) is 0 Å². The van der Waals surface area contributed by atoms with E-state index in [2.05, 4.69) is 15.0 Å². The lowest BCUT2D eigenvalue weighted by Gasteiger charge is -2.35. The molecule has 3 aliphatic rings. The molecule has 1 saturated heterocycles. The van der Waals surface area contributed by atoms with Gasteiger partial charge in [-0.3, -0.25) is 14.5 Å². The molecule has 1 unspecified atom stereocenters. The average Bonchev–Trinajstić information content (AvgIpc) is 3.78. The Morgan fingerprint density at radius 3 is 2.76 bits per heavy atom. The van der Waals surface area contributed by atoms with E-state index in [-0.39, 0.29) is 23.7 Å². The Hall–Kier alpha value is -2.93. The maximum Gasteiger partial charge on any atom is 0.231 e. The second-order valence-corrected chi connectivity index (χ2v) is 10.3. The summed E-state index contributed by atoms with van der Waals surface area (Å²) in [4.78, 5) is 42.0. The zero-order valence-corrected chi connectivity index (χ0v) is 19.8. The molecule has 0 spiro atoms. The molecular weight excluding hydrogens is 450 g/mol. The van der Waals surface area contributed by atoms with Crippen LogP contribution < -0.4 is 4.90 Å². The van der Waals surface area contributed by atoms with E-state index in [0.29, 0.717) is 30.0 Å². The minimum Gasteiger partial charge on any atom is -0.346 e. The summed E-state index contributed by atoms with van der Waals surface area (Å²) < 4.78 is 0. The molecule has 176 valence electrons. The van der Waals surface area contributed by atoms with Crippen LogP contribution in [0.2, 0.25) is 5.15 Å². The maximum absolute atomic E-state index is 13.4. The smallest absolute Gasteiger partial charge is 0.231 e. The molecule has 7 nitrogen and oxygen atoms in total. The topological polar surface area (TPSA) is 82.2 Å². The standard InChI is InChI=1S/C26H28ClN5O2/c27-22-11-19(21-13-29-24-20(21)4-1-9-28-24)12-23(30-22)32(26(34)18-7-8-18)15-16-3-2-10-31(14-16)25(33)17-5-6-17/h1,4,9,11-13,16-18H,2-3,5-8,10,14-15H2,(H,28,29). The summed E-state index contributed by atoms with van der Waals surface area (Å²) >= 11 is 6.48. The number of hydrogen-bond donors (Lipinski definition) is 1. The van der Waals surface area contributed by atoms with Crippen molar-refractivity contribution < 1.29 is 9.59 Å². The van der Waals surface area contributed by atoms with Crippen molar-refractivity contribution in [2.75, 3.05) is 24.5 Å². The first-order chi connectivity index (χ1) is 16.6. The number of anilines is 1. The van der Waals surface area contributed by atoms with Crippen LogP contribution in [0.25, 0.3) is 22.2 Å². The van der Waals surface area contributed by atoms with Gasteiger partial charge in [-0.2, -0.15) is 0 Å². The Labute approximate surface area is 203 Å². The molecule has 3 fully saturated rings. The third-order valence-electron chi connectivity index (χ3n) is 7.21. The van der Waals surface area contributed by atoms with E-state index in [4.69, 9.17) is 11.6 Å². The van der Waals surface area contributed by atoms with Crippen molar-refractivity contribution >= 4 is 40.3 Å². The molecule has 4 heterocycles. The summed E-state index contributed by atoms with van der Waals surface area (Å²) in [7, 11) is 0. The van der Waals surface area contributed by atoms with E-state index in [1.54, 1.807) is 6.20 Å². The van der Waals surface area contributed by atoms with E-state index < -0.39 is 0 Å². The molecule has 0 radical (unpaired) electrons. The van der Waals surface area contributed by atoms with Gasteiger partial charge < -0.3 is 9.88 Å². The highest BCUT2D eigenvalue weighted by molar-refractivity contribution is 6.30. The van der Waals surface area contributed by atoms with Crippen molar-refractivity contribution in [3.8, 4) is 11.1 Å². The van der Waals surface area contributed by atoms with E-state index in [1.165, 1.54) is 0 Å². The second kappa shape index (κ2) is 8.69. The number of piperidine rings is 1. The minimum absolute atomic E-state index is 0.0642. The predicted molar refractivity (Wildman–Crippen MR) is 131 cm³/mol. The number of likely N-dealkylation sites (tertiary alicyclic amines) is 1. The molecule has 8 heteroatoms. The predicted octanol–water partition coefficient (Wildman–Crippen LogP) is 4.67. The first-order valence-corrected chi connectivity index (χ1v) is 12.6. The van der Waals surface area contributed by atoms with Gasteiger partial charge in [0.25, 0.3) is 0 Å². The van der Waals surface area contributed by atoms with E-state index >= 15 is 0 Å². The number of aromatic amines is 1. The third-order valence-corrected chi connectivity index (χ3v) is 7.40. The normalized spacial score (nSPS) is 20.5. The van der Waals surface area contributed by atoms with Crippen LogP contribution in [0.4, 0.5) is 5.82 Å². The number of nitrogens with one attached hydrogen (secondary N) is 1. The fourth-order valence-electron chi connectivity index (χ4n) is 5.08.